The molecule has 0 spiro atoms. The van der Waals surface area contributed by atoms with E-state index in [0.717, 1.165) is 31.7 Å². The molecule has 0 saturated heterocycles. The topological polar surface area (TPSA) is 35.2 Å². The highest BCUT2D eigenvalue weighted by Gasteiger charge is 2.19. The van der Waals surface area contributed by atoms with Crippen molar-refractivity contribution in [3.8, 4) is 5.75 Å². The van der Waals surface area contributed by atoms with Gasteiger partial charge in [-0.05, 0) is 36.6 Å². The van der Waals surface area contributed by atoms with Gasteiger partial charge in [0.2, 0.25) is 0 Å². The first kappa shape index (κ1) is 9.53. The van der Waals surface area contributed by atoms with Crippen LogP contribution in [0.5, 0.6) is 5.75 Å². The summed E-state index contributed by atoms with van der Waals surface area (Å²) in [7, 11) is 0. The molecule has 2 nitrogen and oxygen atoms in total. The Bertz CT molecular complexity index is 322. The second kappa shape index (κ2) is 4.01. The molecule has 0 fully saturated rings. The Labute approximate surface area is 85.1 Å². The fourth-order valence-electron chi connectivity index (χ4n) is 1.98. The van der Waals surface area contributed by atoms with Crippen molar-refractivity contribution < 1.29 is 4.74 Å². The summed E-state index contributed by atoms with van der Waals surface area (Å²) in [5.41, 5.74) is 8.43. The van der Waals surface area contributed by atoms with Crippen LogP contribution in [0.25, 0.3) is 0 Å². The standard InChI is InChI=1S/C12H17NO/c1-2-9-3-4-12-11(7-9)10(8-13)5-6-14-12/h3-4,7,10H,2,5-6,8,13H2,1H3. The molecular weight excluding hydrogens is 174 g/mol. The van der Waals surface area contributed by atoms with Gasteiger partial charge in [-0.3, -0.25) is 0 Å². The molecule has 2 rings (SSSR count). The van der Waals surface area contributed by atoms with Crippen molar-refractivity contribution in [2.45, 2.75) is 25.7 Å². The summed E-state index contributed by atoms with van der Waals surface area (Å²) < 4.78 is 5.60. The molecular formula is C12H17NO. The Morgan fingerprint density at radius 1 is 1.50 bits per heavy atom. The molecule has 0 amide bonds. The third-order valence-corrected chi connectivity index (χ3v) is 2.93. The largest absolute Gasteiger partial charge is 0.493 e. The maximum Gasteiger partial charge on any atom is 0.122 e. The quantitative estimate of drug-likeness (QED) is 0.776. The van der Waals surface area contributed by atoms with Gasteiger partial charge < -0.3 is 10.5 Å². The maximum absolute atomic E-state index is 5.75. The number of nitrogens with two attached hydrogens (primary N) is 1. The summed E-state index contributed by atoms with van der Waals surface area (Å²) in [6.45, 7) is 3.70. The SMILES string of the molecule is CCc1ccc2c(c1)C(CN)CCO2. The second-order valence-corrected chi connectivity index (χ2v) is 3.80. The van der Waals surface area contributed by atoms with Gasteiger partial charge in [0.25, 0.3) is 0 Å². The van der Waals surface area contributed by atoms with Crippen LogP contribution < -0.4 is 10.5 Å². The van der Waals surface area contributed by atoms with Gasteiger partial charge in [0, 0.05) is 5.92 Å². The lowest BCUT2D eigenvalue weighted by Crippen LogP contribution is -2.21. The van der Waals surface area contributed by atoms with E-state index in [-0.39, 0.29) is 0 Å². The van der Waals surface area contributed by atoms with Gasteiger partial charge in [0.1, 0.15) is 5.75 Å². The van der Waals surface area contributed by atoms with Crippen LogP contribution in [0.3, 0.4) is 0 Å². The lowest BCUT2D eigenvalue weighted by atomic mass is 9.91. The Balaban J connectivity index is 2.38. The highest BCUT2D eigenvalue weighted by Crippen LogP contribution is 2.33. The molecule has 76 valence electrons. The van der Waals surface area contributed by atoms with Crippen LogP contribution in [0.1, 0.15) is 30.4 Å². The average molecular weight is 191 g/mol. The van der Waals surface area contributed by atoms with E-state index < -0.39 is 0 Å². The van der Waals surface area contributed by atoms with Crippen LogP contribution in [0.15, 0.2) is 18.2 Å². The molecule has 1 unspecified atom stereocenters. The third kappa shape index (κ3) is 1.62. The minimum absolute atomic E-state index is 0.491. The Kier molecular flexibility index (Phi) is 2.73. The average Bonchev–Trinajstić information content (AvgIpc) is 2.27. The first-order chi connectivity index (χ1) is 6.85. The molecule has 1 aliphatic heterocycles. The minimum Gasteiger partial charge on any atom is -0.493 e. The number of rotatable bonds is 2. The number of benzene rings is 1. The molecule has 1 heterocycles. The van der Waals surface area contributed by atoms with E-state index >= 15 is 0 Å². The minimum atomic E-state index is 0.491. The molecule has 1 aromatic carbocycles. The molecule has 1 aliphatic rings. The van der Waals surface area contributed by atoms with Gasteiger partial charge in [-0.1, -0.05) is 19.1 Å². The van der Waals surface area contributed by atoms with Crippen LogP contribution in [0, 0.1) is 0 Å². The fraction of sp³-hybridized carbons (Fsp3) is 0.500. The number of fused-ring (bicyclic) bond motifs is 1. The first-order valence-electron chi connectivity index (χ1n) is 5.30. The van der Waals surface area contributed by atoms with Gasteiger partial charge in [0.15, 0.2) is 0 Å². The molecule has 14 heavy (non-hydrogen) atoms. The van der Waals surface area contributed by atoms with E-state index in [1.165, 1.54) is 11.1 Å². The van der Waals surface area contributed by atoms with Crippen LogP contribution in [-0.4, -0.2) is 13.2 Å². The molecule has 1 atom stereocenters. The number of aryl methyl sites for hydroxylation is 1. The number of hydrogen-bond donors (Lipinski definition) is 1. The molecule has 0 aliphatic carbocycles. The Hall–Kier alpha value is -1.02. The Morgan fingerprint density at radius 3 is 3.07 bits per heavy atom. The van der Waals surface area contributed by atoms with Crippen molar-refractivity contribution >= 4 is 0 Å². The van der Waals surface area contributed by atoms with Gasteiger partial charge >= 0.3 is 0 Å². The lowest BCUT2D eigenvalue weighted by molar-refractivity contribution is 0.268. The fourth-order valence-corrected chi connectivity index (χ4v) is 1.98. The molecule has 2 N–H and O–H groups in total. The lowest BCUT2D eigenvalue weighted by Gasteiger charge is -2.25. The van der Waals surface area contributed by atoms with Crippen molar-refractivity contribution in [3.63, 3.8) is 0 Å². The van der Waals surface area contributed by atoms with E-state index in [9.17, 15) is 0 Å². The van der Waals surface area contributed by atoms with Crippen LogP contribution >= 0.6 is 0 Å². The van der Waals surface area contributed by atoms with Crippen molar-refractivity contribution in [1.29, 1.82) is 0 Å². The van der Waals surface area contributed by atoms with Gasteiger partial charge in [-0.25, -0.2) is 0 Å². The van der Waals surface area contributed by atoms with Crippen LogP contribution in [0.2, 0.25) is 0 Å². The first-order valence-corrected chi connectivity index (χ1v) is 5.30. The van der Waals surface area contributed by atoms with E-state index in [4.69, 9.17) is 10.5 Å². The van der Waals surface area contributed by atoms with E-state index in [0.29, 0.717) is 5.92 Å². The predicted molar refractivity (Wildman–Crippen MR) is 57.7 cm³/mol. The highest BCUT2D eigenvalue weighted by atomic mass is 16.5. The number of hydrogen-bond acceptors (Lipinski definition) is 2. The summed E-state index contributed by atoms with van der Waals surface area (Å²) in [6, 6.07) is 6.46. The van der Waals surface area contributed by atoms with Crippen LogP contribution in [0.4, 0.5) is 0 Å². The molecule has 2 heteroatoms. The van der Waals surface area contributed by atoms with Gasteiger partial charge in [-0.2, -0.15) is 0 Å². The smallest absolute Gasteiger partial charge is 0.122 e. The van der Waals surface area contributed by atoms with Crippen LogP contribution in [-0.2, 0) is 6.42 Å². The summed E-state index contributed by atoms with van der Waals surface area (Å²) in [5, 5.41) is 0. The molecule has 0 radical (unpaired) electrons. The zero-order valence-corrected chi connectivity index (χ0v) is 8.62. The summed E-state index contributed by atoms with van der Waals surface area (Å²) in [5.74, 6) is 1.52. The van der Waals surface area contributed by atoms with Crippen molar-refractivity contribution in [1.82, 2.24) is 0 Å². The molecule has 1 aromatic rings. The van der Waals surface area contributed by atoms with Gasteiger partial charge in [0.05, 0.1) is 6.61 Å². The monoisotopic (exact) mass is 191 g/mol. The maximum atomic E-state index is 5.75. The molecule has 0 saturated carbocycles. The normalized spacial score (nSPS) is 20.0. The second-order valence-electron chi connectivity index (χ2n) is 3.80. The summed E-state index contributed by atoms with van der Waals surface area (Å²) >= 11 is 0. The zero-order chi connectivity index (χ0) is 9.97. The van der Waals surface area contributed by atoms with E-state index in [2.05, 4.69) is 25.1 Å². The van der Waals surface area contributed by atoms with Crippen molar-refractivity contribution in [2.75, 3.05) is 13.2 Å². The van der Waals surface area contributed by atoms with Crippen molar-refractivity contribution in [3.05, 3.63) is 29.3 Å². The van der Waals surface area contributed by atoms with Gasteiger partial charge in [-0.15, -0.1) is 0 Å². The van der Waals surface area contributed by atoms with Crippen molar-refractivity contribution in [2.24, 2.45) is 5.73 Å². The van der Waals surface area contributed by atoms with E-state index in [1.54, 1.807) is 0 Å². The Morgan fingerprint density at radius 2 is 2.36 bits per heavy atom. The molecule has 0 bridgehead atoms. The third-order valence-electron chi connectivity index (χ3n) is 2.93. The molecule has 0 aromatic heterocycles. The predicted octanol–water partition coefficient (Wildman–Crippen LogP) is 2.07. The van der Waals surface area contributed by atoms with E-state index in [1.807, 2.05) is 0 Å². The highest BCUT2D eigenvalue weighted by molar-refractivity contribution is 5.41. The number of ether oxygens (including phenoxy) is 1. The summed E-state index contributed by atoms with van der Waals surface area (Å²) in [6.07, 6.45) is 2.13. The summed E-state index contributed by atoms with van der Waals surface area (Å²) in [4.78, 5) is 0. The zero-order valence-electron chi connectivity index (χ0n) is 8.62.